The van der Waals surface area contributed by atoms with Crippen LogP contribution in [0.1, 0.15) is 23.7 Å². The van der Waals surface area contributed by atoms with Crippen LogP contribution in [-0.2, 0) is 6.42 Å². The molecule has 3 heteroatoms. The first-order chi connectivity index (χ1) is 9.40. The summed E-state index contributed by atoms with van der Waals surface area (Å²) < 4.78 is 0. The normalized spacial score (nSPS) is 15.9. The third kappa shape index (κ3) is 2.34. The molecule has 0 spiro atoms. The van der Waals surface area contributed by atoms with E-state index in [2.05, 4.69) is 40.2 Å². The van der Waals surface area contributed by atoms with Crippen LogP contribution < -0.4 is 10.6 Å². The minimum atomic E-state index is 0.169. The molecule has 19 heavy (non-hydrogen) atoms. The Morgan fingerprint density at radius 3 is 2.79 bits per heavy atom. The number of nitrogens with zero attached hydrogens (tertiary/aromatic N) is 2. The maximum Gasteiger partial charge on any atom is 0.0835 e. The Bertz CT molecular complexity index is 539. The van der Waals surface area contributed by atoms with Crippen LogP contribution in [0.25, 0.3) is 0 Å². The fourth-order valence-electron chi connectivity index (χ4n) is 2.87. The molecule has 2 heterocycles. The Balaban J connectivity index is 1.97. The molecule has 3 nitrogen and oxygen atoms in total. The highest BCUT2D eigenvalue weighted by atomic mass is 15.2. The first kappa shape index (κ1) is 12.2. The largest absolute Gasteiger partial charge is 0.361 e. The summed E-state index contributed by atoms with van der Waals surface area (Å²) in [6, 6.07) is 14.8. The van der Waals surface area contributed by atoms with Crippen molar-refractivity contribution in [1.82, 2.24) is 4.98 Å². The van der Waals surface area contributed by atoms with Crippen molar-refractivity contribution in [3.05, 3.63) is 59.9 Å². The van der Waals surface area contributed by atoms with Gasteiger partial charge in [-0.3, -0.25) is 4.98 Å². The third-order valence-corrected chi connectivity index (χ3v) is 3.77. The molecule has 0 saturated heterocycles. The molecule has 2 aromatic rings. The Morgan fingerprint density at radius 2 is 2.00 bits per heavy atom. The molecule has 1 aromatic heterocycles. The lowest BCUT2D eigenvalue weighted by Crippen LogP contribution is -2.37. The average molecular weight is 253 g/mol. The van der Waals surface area contributed by atoms with Crippen molar-refractivity contribution in [3.8, 4) is 0 Å². The Kier molecular flexibility index (Phi) is 3.47. The zero-order valence-corrected chi connectivity index (χ0v) is 11.0. The number of hydrogen-bond donors (Lipinski definition) is 1. The molecule has 0 fully saturated rings. The number of benzene rings is 1. The van der Waals surface area contributed by atoms with Crippen LogP contribution in [0.3, 0.4) is 0 Å². The Morgan fingerprint density at radius 1 is 1.16 bits per heavy atom. The van der Waals surface area contributed by atoms with Crippen molar-refractivity contribution in [2.75, 3.05) is 18.0 Å². The van der Waals surface area contributed by atoms with Gasteiger partial charge >= 0.3 is 0 Å². The van der Waals surface area contributed by atoms with Gasteiger partial charge in [-0.1, -0.05) is 24.3 Å². The molecule has 0 saturated carbocycles. The summed E-state index contributed by atoms with van der Waals surface area (Å²) in [5, 5.41) is 0. The number of pyridine rings is 1. The van der Waals surface area contributed by atoms with Crippen molar-refractivity contribution >= 4 is 5.69 Å². The van der Waals surface area contributed by atoms with Crippen LogP contribution in [-0.4, -0.2) is 18.1 Å². The molecule has 3 rings (SSSR count). The maximum atomic E-state index is 6.01. The van der Waals surface area contributed by atoms with E-state index in [0.29, 0.717) is 6.54 Å². The van der Waals surface area contributed by atoms with Gasteiger partial charge in [0.25, 0.3) is 0 Å². The number of rotatable bonds is 3. The summed E-state index contributed by atoms with van der Waals surface area (Å²) in [6.45, 7) is 1.64. The van der Waals surface area contributed by atoms with Gasteiger partial charge in [-0.05, 0) is 36.6 Å². The highest BCUT2D eigenvalue weighted by molar-refractivity contribution is 5.56. The molecule has 0 radical (unpaired) electrons. The lowest BCUT2D eigenvalue weighted by molar-refractivity contribution is 0.577. The quantitative estimate of drug-likeness (QED) is 0.914. The van der Waals surface area contributed by atoms with Crippen molar-refractivity contribution in [1.29, 1.82) is 0 Å². The van der Waals surface area contributed by atoms with E-state index >= 15 is 0 Å². The summed E-state index contributed by atoms with van der Waals surface area (Å²) in [4.78, 5) is 6.88. The van der Waals surface area contributed by atoms with E-state index in [1.54, 1.807) is 0 Å². The molecule has 0 aliphatic carbocycles. The summed E-state index contributed by atoms with van der Waals surface area (Å²) in [7, 11) is 0. The monoisotopic (exact) mass is 253 g/mol. The number of nitrogens with two attached hydrogens (primary N) is 1. The first-order valence-electron chi connectivity index (χ1n) is 6.85. The van der Waals surface area contributed by atoms with Gasteiger partial charge in [0.2, 0.25) is 0 Å². The smallest absolute Gasteiger partial charge is 0.0835 e. The van der Waals surface area contributed by atoms with Gasteiger partial charge in [-0.15, -0.1) is 0 Å². The van der Waals surface area contributed by atoms with Crippen LogP contribution in [0.5, 0.6) is 0 Å². The topological polar surface area (TPSA) is 42.1 Å². The van der Waals surface area contributed by atoms with E-state index in [4.69, 9.17) is 5.73 Å². The van der Waals surface area contributed by atoms with Crippen LogP contribution >= 0.6 is 0 Å². The summed E-state index contributed by atoms with van der Waals surface area (Å²) in [5.41, 5.74) is 9.80. The number of fused-ring (bicyclic) bond motifs is 1. The van der Waals surface area contributed by atoms with Gasteiger partial charge < -0.3 is 10.6 Å². The number of aryl methyl sites for hydroxylation is 1. The summed E-state index contributed by atoms with van der Waals surface area (Å²) >= 11 is 0. The van der Waals surface area contributed by atoms with Gasteiger partial charge in [0.15, 0.2) is 0 Å². The highest BCUT2D eigenvalue weighted by Gasteiger charge is 2.24. The van der Waals surface area contributed by atoms with E-state index in [9.17, 15) is 0 Å². The SMILES string of the molecule is NCC(c1ccccn1)N1CCCc2ccccc21. The fourth-order valence-corrected chi connectivity index (χ4v) is 2.87. The van der Waals surface area contributed by atoms with Crippen molar-refractivity contribution < 1.29 is 0 Å². The average Bonchev–Trinajstić information content (AvgIpc) is 2.49. The summed E-state index contributed by atoms with van der Waals surface area (Å²) in [6.07, 6.45) is 4.18. The second-order valence-electron chi connectivity index (χ2n) is 4.93. The molecular weight excluding hydrogens is 234 g/mol. The first-order valence-corrected chi connectivity index (χ1v) is 6.85. The van der Waals surface area contributed by atoms with Crippen LogP contribution in [0, 0.1) is 0 Å². The molecule has 0 amide bonds. The van der Waals surface area contributed by atoms with E-state index in [1.807, 2.05) is 18.3 Å². The number of aromatic nitrogens is 1. The molecule has 1 atom stereocenters. The molecule has 2 N–H and O–H groups in total. The van der Waals surface area contributed by atoms with E-state index in [-0.39, 0.29) is 6.04 Å². The van der Waals surface area contributed by atoms with Gasteiger partial charge in [0, 0.05) is 25.0 Å². The third-order valence-electron chi connectivity index (χ3n) is 3.77. The minimum Gasteiger partial charge on any atom is -0.361 e. The standard InChI is InChI=1S/C16H19N3/c17-12-16(14-8-3-4-10-18-14)19-11-5-7-13-6-1-2-9-15(13)19/h1-4,6,8-10,16H,5,7,11-12,17H2. The van der Waals surface area contributed by atoms with Crippen LogP contribution in [0.2, 0.25) is 0 Å². The van der Waals surface area contributed by atoms with Gasteiger partial charge in [-0.2, -0.15) is 0 Å². The molecule has 1 aromatic carbocycles. The molecule has 1 aliphatic heterocycles. The number of hydrogen-bond acceptors (Lipinski definition) is 3. The zero-order valence-electron chi connectivity index (χ0n) is 11.0. The lowest BCUT2D eigenvalue weighted by Gasteiger charge is -2.37. The zero-order chi connectivity index (χ0) is 13.1. The lowest BCUT2D eigenvalue weighted by atomic mass is 9.99. The van der Waals surface area contributed by atoms with Crippen molar-refractivity contribution in [3.63, 3.8) is 0 Å². The van der Waals surface area contributed by atoms with Gasteiger partial charge in [-0.25, -0.2) is 0 Å². The predicted octanol–water partition coefficient (Wildman–Crippen LogP) is 2.53. The summed E-state index contributed by atoms with van der Waals surface area (Å²) in [5.74, 6) is 0. The second-order valence-corrected chi connectivity index (χ2v) is 4.93. The van der Waals surface area contributed by atoms with Crippen LogP contribution in [0.15, 0.2) is 48.7 Å². The van der Waals surface area contributed by atoms with Gasteiger partial charge in [0.05, 0.1) is 11.7 Å². The van der Waals surface area contributed by atoms with Gasteiger partial charge in [0.1, 0.15) is 0 Å². The molecular formula is C16H19N3. The minimum absolute atomic E-state index is 0.169. The Hall–Kier alpha value is -1.87. The fraction of sp³-hybridized carbons (Fsp3) is 0.312. The van der Waals surface area contributed by atoms with E-state index < -0.39 is 0 Å². The highest BCUT2D eigenvalue weighted by Crippen LogP contribution is 2.32. The maximum absolute atomic E-state index is 6.01. The van der Waals surface area contributed by atoms with E-state index in [1.165, 1.54) is 17.7 Å². The van der Waals surface area contributed by atoms with E-state index in [0.717, 1.165) is 18.7 Å². The molecule has 1 aliphatic rings. The second kappa shape index (κ2) is 5.41. The molecule has 0 bridgehead atoms. The van der Waals surface area contributed by atoms with Crippen LogP contribution in [0.4, 0.5) is 5.69 Å². The molecule has 1 unspecified atom stereocenters. The molecule has 98 valence electrons. The van der Waals surface area contributed by atoms with Crippen molar-refractivity contribution in [2.45, 2.75) is 18.9 Å². The van der Waals surface area contributed by atoms with Crippen molar-refractivity contribution in [2.24, 2.45) is 5.73 Å². The predicted molar refractivity (Wildman–Crippen MR) is 78.1 cm³/mol. The Labute approximate surface area is 114 Å². The number of anilines is 1. The number of para-hydroxylation sites is 1.